The molecule has 0 fully saturated rings. The van der Waals surface area contributed by atoms with Crippen LogP contribution in [0.2, 0.25) is 0 Å². The number of rotatable bonds is 12. The lowest BCUT2D eigenvalue weighted by Gasteiger charge is -2.35. The highest BCUT2D eigenvalue weighted by Gasteiger charge is 2.37. The number of benzene rings is 4. The van der Waals surface area contributed by atoms with Gasteiger partial charge < -0.3 is 10.1 Å². The Hall–Kier alpha value is -3.83. The van der Waals surface area contributed by atoms with Gasteiger partial charge in [-0.05, 0) is 28.7 Å². The van der Waals surface area contributed by atoms with Crippen LogP contribution in [0.1, 0.15) is 35.1 Å². The normalized spacial score (nSPS) is 11.0. The first-order chi connectivity index (χ1) is 18.2. The number of esters is 1. The minimum atomic E-state index is -0.539. The van der Waals surface area contributed by atoms with Crippen LogP contribution in [0.5, 0.6) is 0 Å². The largest absolute Gasteiger partial charge is 0.461 e. The third-order valence-corrected chi connectivity index (χ3v) is 7.63. The number of thioether (sulfide) groups is 1. The van der Waals surface area contributed by atoms with Crippen molar-refractivity contribution < 1.29 is 14.3 Å². The van der Waals surface area contributed by atoms with Crippen molar-refractivity contribution in [3.63, 3.8) is 0 Å². The lowest BCUT2D eigenvalue weighted by molar-refractivity contribution is -0.145. The van der Waals surface area contributed by atoms with Gasteiger partial charge in [-0.3, -0.25) is 9.59 Å². The molecule has 0 bridgehead atoms. The van der Waals surface area contributed by atoms with Crippen LogP contribution >= 0.6 is 11.8 Å². The second kappa shape index (κ2) is 13.5. The molecule has 4 aromatic carbocycles. The minimum Gasteiger partial charge on any atom is -0.461 e. The van der Waals surface area contributed by atoms with Crippen molar-refractivity contribution in [2.24, 2.45) is 0 Å². The number of ether oxygens (including phenoxy) is 1. The highest BCUT2D eigenvalue weighted by Crippen LogP contribution is 2.48. The maximum absolute atomic E-state index is 12.9. The van der Waals surface area contributed by atoms with Gasteiger partial charge in [-0.2, -0.15) is 0 Å². The summed E-state index contributed by atoms with van der Waals surface area (Å²) in [7, 11) is 0. The van der Waals surface area contributed by atoms with E-state index in [9.17, 15) is 9.59 Å². The zero-order chi connectivity index (χ0) is 25.8. The first-order valence-corrected chi connectivity index (χ1v) is 13.4. The number of amides is 1. The number of nitrogens with one attached hydrogen (secondary N) is 1. The third kappa shape index (κ3) is 7.11. The topological polar surface area (TPSA) is 55.4 Å². The summed E-state index contributed by atoms with van der Waals surface area (Å²) in [6, 6.07) is 40.5. The van der Waals surface area contributed by atoms with Crippen LogP contribution in [0.3, 0.4) is 0 Å². The molecule has 0 unspecified atom stereocenters. The summed E-state index contributed by atoms with van der Waals surface area (Å²) < 4.78 is 4.78. The van der Waals surface area contributed by atoms with Crippen molar-refractivity contribution in [1.29, 1.82) is 0 Å². The highest BCUT2D eigenvalue weighted by molar-refractivity contribution is 8.01. The van der Waals surface area contributed by atoms with Gasteiger partial charge in [0.15, 0.2) is 0 Å². The molecular weight excluding hydrogens is 478 g/mol. The van der Waals surface area contributed by atoms with E-state index in [1.807, 2.05) is 84.9 Å². The Balaban J connectivity index is 1.38. The number of carbonyl (C=O) groups excluding carboxylic acids is 2. The third-order valence-electron chi connectivity index (χ3n) is 6.08. The lowest BCUT2D eigenvalue weighted by atomic mass is 9.84. The van der Waals surface area contributed by atoms with E-state index in [1.54, 1.807) is 11.8 Å². The fourth-order valence-electron chi connectivity index (χ4n) is 4.26. The zero-order valence-electron chi connectivity index (χ0n) is 20.7. The smallest absolute Gasteiger partial charge is 0.306 e. The molecule has 0 spiro atoms. The second-order valence-corrected chi connectivity index (χ2v) is 9.86. The molecule has 0 aliphatic carbocycles. The predicted molar refractivity (Wildman–Crippen MR) is 150 cm³/mol. The van der Waals surface area contributed by atoms with Crippen molar-refractivity contribution in [2.45, 2.75) is 24.2 Å². The molecule has 4 rings (SSSR count). The van der Waals surface area contributed by atoms with E-state index in [1.165, 1.54) is 0 Å². The summed E-state index contributed by atoms with van der Waals surface area (Å²) in [6.07, 6.45) is 0.799. The van der Waals surface area contributed by atoms with Crippen molar-refractivity contribution in [2.75, 3.05) is 12.3 Å². The van der Waals surface area contributed by atoms with E-state index in [2.05, 4.69) is 41.7 Å². The van der Waals surface area contributed by atoms with Crippen molar-refractivity contribution in [3.05, 3.63) is 144 Å². The fraction of sp³-hybridized carbons (Fsp3) is 0.188. The summed E-state index contributed by atoms with van der Waals surface area (Å²) >= 11 is 1.60. The molecule has 37 heavy (non-hydrogen) atoms. The quantitative estimate of drug-likeness (QED) is 0.137. The molecule has 1 N–H and O–H groups in total. The summed E-state index contributed by atoms with van der Waals surface area (Å²) in [6.45, 7) is 0.693. The number of hydrogen-bond donors (Lipinski definition) is 1. The summed E-state index contributed by atoms with van der Waals surface area (Å²) in [5, 5.41) is 2.97. The van der Waals surface area contributed by atoms with Crippen LogP contribution in [0.15, 0.2) is 121 Å². The molecule has 0 saturated carbocycles. The molecular formula is C32H31NO3S. The molecule has 0 aliphatic rings. The predicted octanol–water partition coefficient (Wildman–Crippen LogP) is 6.35. The van der Waals surface area contributed by atoms with Crippen LogP contribution in [-0.2, 0) is 25.7 Å². The summed E-state index contributed by atoms with van der Waals surface area (Å²) in [5.41, 5.74) is 4.31. The SMILES string of the molecule is O=C(CSC(c1ccccc1)(c1ccccc1)c1ccccc1)NCCCC(=O)OCc1ccccc1. The van der Waals surface area contributed by atoms with E-state index in [0.29, 0.717) is 13.0 Å². The van der Waals surface area contributed by atoms with Gasteiger partial charge in [0, 0.05) is 13.0 Å². The van der Waals surface area contributed by atoms with Crippen LogP contribution in [0.4, 0.5) is 0 Å². The summed E-state index contributed by atoms with van der Waals surface area (Å²) in [4.78, 5) is 24.9. The molecule has 0 saturated heterocycles. The highest BCUT2D eigenvalue weighted by atomic mass is 32.2. The van der Waals surface area contributed by atoms with E-state index < -0.39 is 4.75 Å². The average molecular weight is 510 g/mol. The Labute approximate surface area is 223 Å². The minimum absolute atomic E-state index is 0.0604. The molecule has 4 aromatic rings. The van der Waals surface area contributed by atoms with Gasteiger partial charge in [0.1, 0.15) is 6.61 Å². The van der Waals surface area contributed by atoms with Crippen LogP contribution < -0.4 is 5.32 Å². The van der Waals surface area contributed by atoms with Crippen molar-refractivity contribution >= 4 is 23.6 Å². The van der Waals surface area contributed by atoms with Crippen molar-refractivity contribution in [1.82, 2.24) is 5.32 Å². The first kappa shape index (κ1) is 26.2. The van der Waals surface area contributed by atoms with Gasteiger partial charge in [0.2, 0.25) is 5.91 Å². The molecule has 0 aromatic heterocycles. The molecule has 1 amide bonds. The molecule has 4 nitrogen and oxygen atoms in total. The second-order valence-electron chi connectivity index (χ2n) is 8.67. The van der Waals surface area contributed by atoms with Gasteiger partial charge in [0.05, 0.1) is 10.5 Å². The van der Waals surface area contributed by atoms with Gasteiger partial charge in [0.25, 0.3) is 0 Å². The number of carbonyl (C=O) groups is 2. The van der Waals surface area contributed by atoms with E-state index in [0.717, 1.165) is 22.3 Å². The average Bonchev–Trinajstić information content (AvgIpc) is 2.97. The van der Waals surface area contributed by atoms with Crippen LogP contribution in [-0.4, -0.2) is 24.2 Å². The molecule has 0 aliphatic heterocycles. The first-order valence-electron chi connectivity index (χ1n) is 12.5. The van der Waals surface area contributed by atoms with E-state index in [4.69, 9.17) is 4.74 Å². The Morgan fingerprint density at radius 3 is 1.62 bits per heavy atom. The van der Waals surface area contributed by atoms with Gasteiger partial charge in [-0.25, -0.2) is 0 Å². The van der Waals surface area contributed by atoms with Crippen LogP contribution in [0.25, 0.3) is 0 Å². The molecule has 0 heterocycles. The fourth-order valence-corrected chi connectivity index (χ4v) is 5.62. The van der Waals surface area contributed by atoms with Gasteiger partial charge in [-0.15, -0.1) is 11.8 Å². The Morgan fingerprint density at radius 2 is 1.14 bits per heavy atom. The van der Waals surface area contributed by atoms with E-state index in [-0.39, 0.29) is 30.7 Å². The van der Waals surface area contributed by atoms with Gasteiger partial charge in [-0.1, -0.05) is 121 Å². The lowest BCUT2D eigenvalue weighted by Crippen LogP contribution is -2.31. The molecule has 5 heteroatoms. The molecule has 188 valence electrons. The maximum Gasteiger partial charge on any atom is 0.306 e. The molecule has 0 radical (unpaired) electrons. The Morgan fingerprint density at radius 1 is 0.676 bits per heavy atom. The maximum atomic E-state index is 12.9. The monoisotopic (exact) mass is 509 g/mol. The number of hydrogen-bond acceptors (Lipinski definition) is 4. The standard InChI is InChI=1S/C32H31NO3S/c34-30(33-23-13-22-31(35)36-24-26-14-5-1-6-15-26)25-37-32(27-16-7-2-8-17-27,28-18-9-3-10-19-28)29-20-11-4-12-21-29/h1-12,14-21H,13,22-25H2,(H,33,34). The Bertz CT molecular complexity index is 1150. The van der Waals surface area contributed by atoms with Gasteiger partial charge >= 0.3 is 5.97 Å². The zero-order valence-corrected chi connectivity index (χ0v) is 21.5. The Kier molecular flexibility index (Phi) is 9.55. The van der Waals surface area contributed by atoms with Crippen LogP contribution in [0, 0.1) is 0 Å². The van der Waals surface area contributed by atoms with Crippen molar-refractivity contribution in [3.8, 4) is 0 Å². The molecule has 0 atom stereocenters. The summed E-state index contributed by atoms with van der Waals surface area (Å²) in [5.74, 6) is -0.0459. The van der Waals surface area contributed by atoms with E-state index >= 15 is 0 Å².